The van der Waals surface area contributed by atoms with Crippen molar-refractivity contribution in [3.63, 3.8) is 0 Å². The van der Waals surface area contributed by atoms with Gasteiger partial charge >= 0.3 is 5.97 Å². The fourth-order valence-corrected chi connectivity index (χ4v) is 2.52. The summed E-state index contributed by atoms with van der Waals surface area (Å²) in [7, 11) is 0. The van der Waals surface area contributed by atoms with Gasteiger partial charge in [-0.2, -0.15) is 0 Å². The lowest BCUT2D eigenvalue weighted by Crippen LogP contribution is -2.35. The summed E-state index contributed by atoms with van der Waals surface area (Å²) >= 11 is 3.39. The lowest BCUT2D eigenvalue weighted by molar-refractivity contribution is -0.140. The van der Waals surface area contributed by atoms with Crippen molar-refractivity contribution in [2.75, 3.05) is 18.1 Å². The molecule has 4 nitrogen and oxygen atoms in total. The highest BCUT2D eigenvalue weighted by molar-refractivity contribution is 9.10. The molecule has 1 aromatic rings. The number of ketones is 1. The quantitative estimate of drug-likeness (QED) is 0.628. The minimum absolute atomic E-state index is 0.144. The molecular weight excluding hydrogens is 322 g/mol. The summed E-state index contributed by atoms with van der Waals surface area (Å²) in [6.07, 6.45) is 0.321. The molecule has 1 aliphatic rings. The monoisotopic (exact) mass is 337 g/mol. The molecule has 106 valence electrons. The van der Waals surface area contributed by atoms with Crippen LogP contribution in [-0.4, -0.2) is 24.9 Å². The van der Waals surface area contributed by atoms with Gasteiger partial charge in [-0.05, 0) is 38.1 Å². The van der Waals surface area contributed by atoms with Gasteiger partial charge in [-0.1, -0.05) is 15.9 Å². The van der Waals surface area contributed by atoms with Crippen LogP contribution < -0.4 is 4.90 Å². The highest BCUT2D eigenvalue weighted by Gasteiger charge is 2.30. The van der Waals surface area contributed by atoms with Crippen LogP contribution in [0.15, 0.2) is 40.0 Å². The van der Waals surface area contributed by atoms with Crippen LogP contribution in [0.5, 0.6) is 0 Å². The molecule has 1 aliphatic heterocycles. The minimum atomic E-state index is -0.531. The van der Waals surface area contributed by atoms with Gasteiger partial charge in [-0.15, -0.1) is 0 Å². The zero-order valence-corrected chi connectivity index (χ0v) is 13.1. The molecule has 0 saturated carbocycles. The molecule has 0 radical (unpaired) electrons. The van der Waals surface area contributed by atoms with Crippen molar-refractivity contribution in [1.82, 2.24) is 0 Å². The Kier molecular flexibility index (Phi) is 4.60. The first-order chi connectivity index (χ1) is 9.54. The molecule has 0 unspecified atom stereocenters. The van der Waals surface area contributed by atoms with Gasteiger partial charge in [0.2, 0.25) is 0 Å². The third kappa shape index (κ3) is 2.93. The number of hydrogen-bond acceptors (Lipinski definition) is 4. The largest absolute Gasteiger partial charge is 0.462 e. The van der Waals surface area contributed by atoms with Crippen molar-refractivity contribution in [2.45, 2.75) is 20.3 Å². The maximum Gasteiger partial charge on any atom is 0.343 e. The van der Waals surface area contributed by atoms with Crippen LogP contribution >= 0.6 is 15.9 Å². The van der Waals surface area contributed by atoms with E-state index in [1.807, 2.05) is 29.2 Å². The summed E-state index contributed by atoms with van der Waals surface area (Å²) < 4.78 is 5.96. The predicted molar refractivity (Wildman–Crippen MR) is 80.4 cm³/mol. The summed E-state index contributed by atoms with van der Waals surface area (Å²) in [5, 5.41) is 0. The second-order valence-corrected chi connectivity index (χ2v) is 5.40. The van der Waals surface area contributed by atoms with Crippen molar-refractivity contribution in [3.8, 4) is 0 Å². The first-order valence-electron chi connectivity index (χ1n) is 6.49. The number of ether oxygens (including phenoxy) is 1. The average molecular weight is 338 g/mol. The molecule has 0 spiro atoms. The second-order valence-electron chi connectivity index (χ2n) is 4.48. The molecule has 0 saturated heterocycles. The summed E-state index contributed by atoms with van der Waals surface area (Å²) in [5.41, 5.74) is 1.78. The van der Waals surface area contributed by atoms with Gasteiger partial charge in [0.25, 0.3) is 0 Å². The molecule has 0 aliphatic carbocycles. The molecule has 0 bridgehead atoms. The van der Waals surface area contributed by atoms with Crippen molar-refractivity contribution >= 4 is 33.4 Å². The van der Waals surface area contributed by atoms with E-state index < -0.39 is 5.97 Å². The molecule has 0 amide bonds. The molecule has 0 fully saturated rings. The summed E-state index contributed by atoms with van der Waals surface area (Å²) in [6, 6.07) is 7.77. The van der Waals surface area contributed by atoms with Crippen LogP contribution in [-0.2, 0) is 14.3 Å². The van der Waals surface area contributed by atoms with E-state index >= 15 is 0 Å². The zero-order valence-electron chi connectivity index (χ0n) is 11.5. The van der Waals surface area contributed by atoms with Crippen LogP contribution in [0, 0.1) is 0 Å². The molecule has 0 atom stereocenters. The number of Topliss-reactive ketones (excluding diaryl/α,β-unsaturated/α-hetero) is 1. The Morgan fingerprint density at radius 3 is 2.60 bits per heavy atom. The van der Waals surface area contributed by atoms with Gasteiger partial charge in [-0.3, -0.25) is 4.79 Å². The molecule has 5 heteroatoms. The van der Waals surface area contributed by atoms with E-state index in [4.69, 9.17) is 4.74 Å². The van der Waals surface area contributed by atoms with E-state index in [0.29, 0.717) is 18.7 Å². The van der Waals surface area contributed by atoms with Crippen LogP contribution in [0.1, 0.15) is 20.3 Å². The van der Waals surface area contributed by atoms with Crippen molar-refractivity contribution in [3.05, 3.63) is 40.0 Å². The highest BCUT2D eigenvalue weighted by Crippen LogP contribution is 2.28. The minimum Gasteiger partial charge on any atom is -0.462 e. The number of hydrogen-bond donors (Lipinski definition) is 0. The SMILES string of the molecule is CCOC(=O)C1=C(C)N(c2ccc(Br)cc2)CCC1=O. The molecule has 1 heterocycles. The Morgan fingerprint density at radius 1 is 1.35 bits per heavy atom. The smallest absolute Gasteiger partial charge is 0.343 e. The zero-order chi connectivity index (χ0) is 14.7. The number of allylic oxidation sites excluding steroid dienone is 1. The Morgan fingerprint density at radius 2 is 2.00 bits per heavy atom. The highest BCUT2D eigenvalue weighted by atomic mass is 79.9. The first kappa shape index (κ1) is 14.8. The normalized spacial score (nSPS) is 15.6. The van der Waals surface area contributed by atoms with E-state index in [0.717, 1.165) is 10.2 Å². The standard InChI is InChI=1S/C15H16BrNO3/c1-3-20-15(19)14-10(2)17(9-8-13(14)18)12-6-4-11(16)5-7-12/h4-7H,3,8-9H2,1-2H3. The summed E-state index contributed by atoms with van der Waals surface area (Å²) in [6.45, 7) is 4.36. The summed E-state index contributed by atoms with van der Waals surface area (Å²) in [4.78, 5) is 25.8. The average Bonchev–Trinajstić information content (AvgIpc) is 2.41. The molecule has 20 heavy (non-hydrogen) atoms. The summed E-state index contributed by atoms with van der Waals surface area (Å²) in [5.74, 6) is -0.675. The van der Waals surface area contributed by atoms with Crippen LogP contribution in [0.2, 0.25) is 0 Å². The number of benzene rings is 1. The van der Waals surface area contributed by atoms with E-state index in [1.54, 1.807) is 13.8 Å². The van der Waals surface area contributed by atoms with E-state index in [-0.39, 0.29) is 18.0 Å². The van der Waals surface area contributed by atoms with Gasteiger partial charge in [0.05, 0.1) is 6.61 Å². The number of rotatable bonds is 3. The second kappa shape index (κ2) is 6.22. The van der Waals surface area contributed by atoms with Gasteiger partial charge in [0, 0.05) is 28.8 Å². The van der Waals surface area contributed by atoms with Crippen LogP contribution in [0.25, 0.3) is 0 Å². The van der Waals surface area contributed by atoms with Gasteiger partial charge in [0.15, 0.2) is 5.78 Å². The van der Waals surface area contributed by atoms with E-state index in [2.05, 4.69) is 15.9 Å². The fraction of sp³-hybridized carbons (Fsp3) is 0.333. The Balaban J connectivity index is 2.38. The lowest BCUT2D eigenvalue weighted by atomic mass is 10.0. The number of halogens is 1. The van der Waals surface area contributed by atoms with Gasteiger partial charge < -0.3 is 9.64 Å². The van der Waals surface area contributed by atoms with E-state index in [1.165, 1.54) is 0 Å². The van der Waals surface area contributed by atoms with Gasteiger partial charge in [0.1, 0.15) is 5.57 Å². The number of carbonyl (C=O) groups excluding carboxylic acids is 2. The van der Waals surface area contributed by atoms with Crippen molar-refractivity contribution in [2.24, 2.45) is 0 Å². The maximum atomic E-state index is 12.0. The molecule has 0 aromatic heterocycles. The van der Waals surface area contributed by atoms with Crippen LogP contribution in [0.4, 0.5) is 5.69 Å². The number of esters is 1. The van der Waals surface area contributed by atoms with E-state index in [9.17, 15) is 9.59 Å². The Labute approximate surface area is 126 Å². The molecule has 2 rings (SSSR count). The number of nitrogens with zero attached hydrogens (tertiary/aromatic N) is 1. The van der Waals surface area contributed by atoms with Crippen molar-refractivity contribution < 1.29 is 14.3 Å². The Bertz CT molecular complexity index is 563. The fourth-order valence-electron chi connectivity index (χ4n) is 2.25. The third-order valence-electron chi connectivity index (χ3n) is 3.23. The number of carbonyl (C=O) groups is 2. The predicted octanol–water partition coefficient (Wildman–Crippen LogP) is 3.07. The maximum absolute atomic E-state index is 12.0. The molecule has 1 aromatic carbocycles. The molecular formula is C15H16BrNO3. The first-order valence-corrected chi connectivity index (χ1v) is 7.28. The topological polar surface area (TPSA) is 46.6 Å². The Hall–Kier alpha value is -1.62. The van der Waals surface area contributed by atoms with Crippen molar-refractivity contribution in [1.29, 1.82) is 0 Å². The van der Waals surface area contributed by atoms with Gasteiger partial charge in [-0.25, -0.2) is 4.79 Å². The molecule has 0 N–H and O–H groups in total. The number of anilines is 1. The lowest BCUT2D eigenvalue weighted by Gasteiger charge is -2.30. The third-order valence-corrected chi connectivity index (χ3v) is 3.75. The van der Waals surface area contributed by atoms with Crippen LogP contribution in [0.3, 0.4) is 0 Å².